The first-order chi connectivity index (χ1) is 13.6. The van der Waals surface area contributed by atoms with Crippen molar-refractivity contribution in [2.24, 2.45) is 0 Å². The molecule has 2 atom stereocenters. The Morgan fingerprint density at radius 3 is 2.75 bits per heavy atom. The number of hydrogen-bond acceptors (Lipinski definition) is 4. The molecule has 1 aliphatic rings. The van der Waals surface area contributed by atoms with E-state index in [0.717, 1.165) is 45.6 Å². The van der Waals surface area contributed by atoms with E-state index in [1.165, 1.54) is 0 Å². The number of pyridine rings is 1. The third kappa shape index (κ3) is 3.02. The van der Waals surface area contributed by atoms with Crippen LogP contribution in [0.15, 0.2) is 36.8 Å². The highest BCUT2D eigenvalue weighted by atomic mass is 35.5. The minimum atomic E-state index is -0.772. The summed E-state index contributed by atoms with van der Waals surface area (Å²) in [4.78, 5) is 18.2. The van der Waals surface area contributed by atoms with Gasteiger partial charge in [-0.3, -0.25) is 15.0 Å². The van der Waals surface area contributed by atoms with Crippen molar-refractivity contribution in [3.8, 4) is 0 Å². The summed E-state index contributed by atoms with van der Waals surface area (Å²) in [7, 11) is 0. The molecule has 0 radical (unpaired) electrons. The van der Waals surface area contributed by atoms with Gasteiger partial charge in [0.2, 0.25) is 0 Å². The van der Waals surface area contributed by atoms with Crippen molar-refractivity contribution in [1.29, 1.82) is 0 Å². The largest absolute Gasteiger partial charge is 0.324 e. The smallest absolute Gasteiger partial charge is 0.116 e. The summed E-state index contributed by atoms with van der Waals surface area (Å²) in [5, 5.41) is 1.59. The first-order valence-electron chi connectivity index (χ1n) is 9.45. The molecule has 5 nitrogen and oxygen atoms in total. The molecular formula is C21H19ClFN5. The number of aryl methyl sites for hydroxylation is 1. The van der Waals surface area contributed by atoms with E-state index >= 15 is 0 Å². The Labute approximate surface area is 166 Å². The van der Waals surface area contributed by atoms with E-state index in [0.29, 0.717) is 24.3 Å². The van der Waals surface area contributed by atoms with E-state index in [2.05, 4.69) is 19.5 Å². The molecule has 28 heavy (non-hydrogen) atoms. The highest BCUT2D eigenvalue weighted by molar-refractivity contribution is 6.31. The third-order valence-electron chi connectivity index (χ3n) is 5.43. The molecule has 0 bridgehead atoms. The number of imidazole rings is 1. The van der Waals surface area contributed by atoms with Crippen molar-refractivity contribution in [3.05, 3.63) is 59.0 Å². The topological polar surface area (TPSA) is 56.5 Å². The number of aromatic nitrogens is 5. The second-order valence-electron chi connectivity index (χ2n) is 7.44. The average molecular weight is 396 g/mol. The van der Waals surface area contributed by atoms with Crippen LogP contribution in [0, 0.1) is 6.92 Å². The zero-order valence-corrected chi connectivity index (χ0v) is 16.2. The number of hydrogen-bond donors (Lipinski definition) is 0. The van der Waals surface area contributed by atoms with Crippen LogP contribution in [0.2, 0.25) is 5.02 Å². The summed E-state index contributed by atoms with van der Waals surface area (Å²) in [6.07, 6.45) is 6.96. The maximum atomic E-state index is 14.1. The lowest BCUT2D eigenvalue weighted by Gasteiger charge is -2.17. The highest BCUT2D eigenvalue weighted by Gasteiger charge is 2.29. The van der Waals surface area contributed by atoms with Gasteiger partial charge >= 0.3 is 0 Å². The Kier molecular flexibility index (Phi) is 4.23. The summed E-state index contributed by atoms with van der Waals surface area (Å²) in [5.74, 6) is 0.863. The first-order valence-corrected chi connectivity index (χ1v) is 9.83. The lowest BCUT2D eigenvalue weighted by Crippen LogP contribution is -2.11. The standard InChI is InChI=1S/C21H19ClFN5/c1-12-9-25-15(10-24-12)8-20-27-19-11-26-18-5-2-13(22)6-17(18)21(19)28(20)16-4-3-14(23)7-16/h2,5-6,9-11,14,16H,3-4,7-8H2,1H3/t14-,16+/m1/s1. The SMILES string of the molecule is Cc1cnc(Cc2nc3cnc4ccc(Cl)cc4c3n2[C@H]2CC[C@@H](F)C2)cn1. The van der Waals surface area contributed by atoms with Gasteiger partial charge in [0.25, 0.3) is 0 Å². The van der Waals surface area contributed by atoms with Crippen LogP contribution in [-0.2, 0) is 6.42 Å². The molecule has 0 saturated heterocycles. The summed E-state index contributed by atoms with van der Waals surface area (Å²) >= 11 is 6.27. The van der Waals surface area contributed by atoms with E-state index in [-0.39, 0.29) is 6.04 Å². The van der Waals surface area contributed by atoms with Gasteiger partial charge < -0.3 is 4.57 Å². The van der Waals surface area contributed by atoms with Crippen LogP contribution in [0.1, 0.15) is 42.5 Å². The molecule has 0 N–H and O–H groups in total. The van der Waals surface area contributed by atoms with Crippen LogP contribution in [-0.4, -0.2) is 30.7 Å². The molecule has 0 aliphatic heterocycles. The van der Waals surface area contributed by atoms with Gasteiger partial charge in [0.1, 0.15) is 17.5 Å². The van der Waals surface area contributed by atoms with Crippen LogP contribution in [0.4, 0.5) is 4.39 Å². The molecule has 1 fully saturated rings. The Bertz CT molecular complexity index is 1170. The quantitative estimate of drug-likeness (QED) is 0.490. The summed E-state index contributed by atoms with van der Waals surface area (Å²) in [6.45, 7) is 1.91. The predicted molar refractivity (Wildman–Crippen MR) is 107 cm³/mol. The molecule has 5 rings (SSSR count). The number of alkyl halides is 1. The van der Waals surface area contributed by atoms with Gasteiger partial charge in [-0.1, -0.05) is 11.6 Å². The van der Waals surface area contributed by atoms with Gasteiger partial charge in [-0.05, 0) is 44.4 Å². The second-order valence-corrected chi connectivity index (χ2v) is 7.88. The lowest BCUT2D eigenvalue weighted by atomic mass is 10.1. The van der Waals surface area contributed by atoms with Gasteiger partial charge in [-0.2, -0.15) is 0 Å². The maximum absolute atomic E-state index is 14.1. The Morgan fingerprint density at radius 2 is 2.00 bits per heavy atom. The second kappa shape index (κ2) is 6.78. The van der Waals surface area contributed by atoms with E-state index in [4.69, 9.17) is 16.6 Å². The van der Waals surface area contributed by atoms with E-state index in [1.807, 2.05) is 25.1 Å². The molecule has 1 aromatic carbocycles. The maximum Gasteiger partial charge on any atom is 0.116 e. The zero-order chi connectivity index (χ0) is 19.3. The number of nitrogens with zero attached hydrogens (tertiary/aromatic N) is 5. The van der Waals surface area contributed by atoms with Gasteiger partial charge in [-0.25, -0.2) is 9.37 Å². The third-order valence-corrected chi connectivity index (χ3v) is 5.67. The number of halogens is 2. The minimum Gasteiger partial charge on any atom is -0.324 e. The molecule has 0 unspecified atom stereocenters. The van der Waals surface area contributed by atoms with Crippen LogP contribution in [0.25, 0.3) is 21.9 Å². The minimum absolute atomic E-state index is 0.0676. The Hall–Kier alpha value is -2.60. The van der Waals surface area contributed by atoms with Gasteiger partial charge in [0, 0.05) is 35.3 Å². The lowest BCUT2D eigenvalue weighted by molar-refractivity contribution is 0.330. The van der Waals surface area contributed by atoms with Crippen molar-refractivity contribution in [3.63, 3.8) is 0 Å². The summed E-state index contributed by atoms with van der Waals surface area (Å²) in [6, 6.07) is 5.73. The van der Waals surface area contributed by atoms with E-state index in [9.17, 15) is 4.39 Å². The average Bonchev–Trinajstić information content (AvgIpc) is 3.26. The highest BCUT2D eigenvalue weighted by Crippen LogP contribution is 2.38. The van der Waals surface area contributed by atoms with E-state index < -0.39 is 6.17 Å². The van der Waals surface area contributed by atoms with Gasteiger partial charge in [-0.15, -0.1) is 0 Å². The molecule has 3 heterocycles. The number of fused-ring (bicyclic) bond motifs is 3. The fraction of sp³-hybridized carbons (Fsp3) is 0.333. The van der Waals surface area contributed by atoms with Crippen molar-refractivity contribution < 1.29 is 4.39 Å². The molecule has 4 aromatic rings. The van der Waals surface area contributed by atoms with E-state index in [1.54, 1.807) is 18.6 Å². The molecular weight excluding hydrogens is 377 g/mol. The predicted octanol–water partition coefficient (Wildman–Crippen LogP) is 4.99. The van der Waals surface area contributed by atoms with Gasteiger partial charge in [0.05, 0.1) is 28.6 Å². The molecule has 7 heteroatoms. The molecule has 142 valence electrons. The molecule has 0 spiro atoms. The Morgan fingerprint density at radius 1 is 1.11 bits per heavy atom. The molecule has 3 aromatic heterocycles. The number of rotatable bonds is 3. The van der Waals surface area contributed by atoms with Crippen molar-refractivity contribution in [1.82, 2.24) is 24.5 Å². The zero-order valence-electron chi connectivity index (χ0n) is 15.4. The fourth-order valence-corrected chi connectivity index (χ4v) is 4.30. The summed E-state index contributed by atoms with van der Waals surface area (Å²) < 4.78 is 16.2. The normalized spacial score (nSPS) is 19.7. The molecule has 0 amide bonds. The van der Waals surface area contributed by atoms with Crippen molar-refractivity contribution >= 4 is 33.5 Å². The van der Waals surface area contributed by atoms with Crippen molar-refractivity contribution in [2.75, 3.05) is 0 Å². The van der Waals surface area contributed by atoms with Crippen LogP contribution < -0.4 is 0 Å². The van der Waals surface area contributed by atoms with Crippen LogP contribution in [0.5, 0.6) is 0 Å². The summed E-state index contributed by atoms with van der Waals surface area (Å²) in [5.41, 5.74) is 4.34. The van der Waals surface area contributed by atoms with Crippen molar-refractivity contribution in [2.45, 2.75) is 44.8 Å². The number of benzene rings is 1. The molecule has 1 aliphatic carbocycles. The van der Waals surface area contributed by atoms with Gasteiger partial charge in [0.15, 0.2) is 0 Å². The van der Waals surface area contributed by atoms with Crippen LogP contribution in [0.3, 0.4) is 0 Å². The monoisotopic (exact) mass is 395 g/mol. The molecule has 1 saturated carbocycles. The van der Waals surface area contributed by atoms with Crippen LogP contribution >= 0.6 is 11.6 Å². The Balaban J connectivity index is 1.73. The fourth-order valence-electron chi connectivity index (χ4n) is 4.13. The first kappa shape index (κ1) is 17.5.